The summed E-state index contributed by atoms with van der Waals surface area (Å²) >= 11 is 0. The summed E-state index contributed by atoms with van der Waals surface area (Å²) in [6.45, 7) is 3.68. The second-order valence-electron chi connectivity index (χ2n) is 3.06. The van der Waals surface area contributed by atoms with Crippen LogP contribution >= 0.6 is 0 Å². The molecule has 0 aliphatic heterocycles. The van der Waals surface area contributed by atoms with Crippen LogP contribution in [0.15, 0.2) is 30.3 Å². The molecule has 0 aliphatic carbocycles. The molecule has 0 atom stereocenters. The minimum absolute atomic E-state index is 0.157. The summed E-state index contributed by atoms with van der Waals surface area (Å²) < 4.78 is 4.73. The largest absolute Gasteiger partial charge is 0.466 e. The number of rotatable bonds is 5. The number of benzene rings is 1. The predicted molar refractivity (Wildman–Crippen MR) is 55.7 cm³/mol. The van der Waals surface area contributed by atoms with Gasteiger partial charge < -0.3 is 4.74 Å². The summed E-state index contributed by atoms with van der Waals surface area (Å²) in [5.74, 6) is -0.157. The third-order valence-corrected chi connectivity index (χ3v) is 1.95. The molecule has 1 radical (unpaired) electrons. The van der Waals surface area contributed by atoms with Crippen LogP contribution in [0.5, 0.6) is 0 Å². The van der Waals surface area contributed by atoms with Crippen molar-refractivity contribution in [1.82, 2.24) is 0 Å². The van der Waals surface area contributed by atoms with Crippen molar-refractivity contribution in [3.63, 3.8) is 0 Å². The maximum Gasteiger partial charge on any atom is 0.305 e. The van der Waals surface area contributed by atoms with Gasteiger partial charge in [0.2, 0.25) is 0 Å². The fourth-order valence-electron chi connectivity index (χ4n) is 1.27. The zero-order valence-corrected chi connectivity index (χ0v) is 8.24. The van der Waals surface area contributed by atoms with Crippen molar-refractivity contribution in [1.29, 1.82) is 0 Å². The summed E-state index contributed by atoms with van der Waals surface area (Å²) in [7, 11) is 0. The monoisotopic (exact) mass is 191 g/mol. The number of ether oxygens (including phenoxy) is 1. The van der Waals surface area contributed by atoms with E-state index in [1.165, 1.54) is 5.56 Å². The van der Waals surface area contributed by atoms with Crippen molar-refractivity contribution < 1.29 is 9.53 Å². The van der Waals surface area contributed by atoms with Crippen LogP contribution in [0.25, 0.3) is 0 Å². The molecular formula is C12H15O2. The van der Waals surface area contributed by atoms with Crippen molar-refractivity contribution in [3.8, 4) is 0 Å². The number of aryl methyl sites for hydroxylation is 1. The van der Waals surface area contributed by atoms with Gasteiger partial charge in [-0.1, -0.05) is 30.3 Å². The van der Waals surface area contributed by atoms with E-state index in [0.29, 0.717) is 6.42 Å². The van der Waals surface area contributed by atoms with Crippen LogP contribution in [0.1, 0.15) is 18.4 Å². The van der Waals surface area contributed by atoms with Crippen LogP contribution in [0.4, 0.5) is 0 Å². The zero-order valence-electron chi connectivity index (χ0n) is 8.24. The molecule has 0 heterocycles. The zero-order chi connectivity index (χ0) is 10.2. The molecule has 1 rings (SSSR count). The molecule has 0 fully saturated rings. The summed E-state index contributed by atoms with van der Waals surface area (Å²) in [6.07, 6.45) is 2.24. The van der Waals surface area contributed by atoms with Crippen molar-refractivity contribution in [3.05, 3.63) is 42.8 Å². The number of hydrogen-bond acceptors (Lipinski definition) is 2. The van der Waals surface area contributed by atoms with Crippen molar-refractivity contribution in [2.45, 2.75) is 19.3 Å². The molecule has 0 saturated carbocycles. The Balaban J connectivity index is 2.19. The molecule has 0 N–H and O–H groups in total. The molecule has 2 nitrogen and oxygen atoms in total. The molecule has 2 heteroatoms. The molecule has 0 aliphatic rings. The van der Waals surface area contributed by atoms with Gasteiger partial charge in [0.05, 0.1) is 6.61 Å². The average Bonchev–Trinajstić information content (AvgIpc) is 2.20. The number of hydrogen-bond donors (Lipinski definition) is 0. The standard InChI is InChI=1S/C12H15O2/c1-2-14-12(13)10-6-9-11-7-4-3-5-8-11/h3-5,7-8H,1-2,6,9-10H2. The van der Waals surface area contributed by atoms with E-state index in [9.17, 15) is 4.79 Å². The van der Waals surface area contributed by atoms with E-state index >= 15 is 0 Å². The first kappa shape index (κ1) is 10.8. The lowest BCUT2D eigenvalue weighted by molar-refractivity contribution is -0.142. The molecule has 1 aromatic rings. The lowest BCUT2D eigenvalue weighted by Crippen LogP contribution is -2.04. The first-order valence-corrected chi connectivity index (χ1v) is 4.81. The minimum atomic E-state index is -0.157. The molecule has 0 saturated heterocycles. The quantitative estimate of drug-likeness (QED) is 0.668. The van der Waals surface area contributed by atoms with E-state index in [1.807, 2.05) is 18.2 Å². The maximum atomic E-state index is 11.0. The summed E-state index contributed by atoms with van der Waals surface area (Å²) in [6, 6.07) is 10.1. The predicted octanol–water partition coefficient (Wildman–Crippen LogP) is 2.39. The fourth-order valence-corrected chi connectivity index (χ4v) is 1.27. The van der Waals surface area contributed by atoms with Crippen LogP contribution in [-0.4, -0.2) is 12.6 Å². The van der Waals surface area contributed by atoms with Gasteiger partial charge in [-0.05, 0) is 25.3 Å². The van der Waals surface area contributed by atoms with Gasteiger partial charge in [-0.25, -0.2) is 0 Å². The van der Waals surface area contributed by atoms with Crippen LogP contribution in [0.2, 0.25) is 0 Å². The molecule has 14 heavy (non-hydrogen) atoms. The number of esters is 1. The van der Waals surface area contributed by atoms with Crippen LogP contribution in [0.3, 0.4) is 0 Å². The third kappa shape index (κ3) is 4.08. The molecule has 75 valence electrons. The van der Waals surface area contributed by atoms with Gasteiger partial charge in [0.25, 0.3) is 0 Å². The summed E-state index contributed by atoms with van der Waals surface area (Å²) in [5, 5.41) is 0. The lowest BCUT2D eigenvalue weighted by Gasteiger charge is -2.01. The number of carbonyl (C=O) groups is 1. The smallest absolute Gasteiger partial charge is 0.305 e. The molecular weight excluding hydrogens is 176 g/mol. The summed E-state index contributed by atoms with van der Waals surface area (Å²) in [5.41, 5.74) is 1.26. The summed E-state index contributed by atoms with van der Waals surface area (Å²) in [4.78, 5) is 11.0. The number of carbonyl (C=O) groups excluding carboxylic acids is 1. The van der Waals surface area contributed by atoms with Crippen molar-refractivity contribution in [2.75, 3.05) is 6.61 Å². The Labute approximate surface area is 84.9 Å². The van der Waals surface area contributed by atoms with E-state index in [0.717, 1.165) is 12.8 Å². The van der Waals surface area contributed by atoms with E-state index < -0.39 is 0 Å². The molecule has 0 bridgehead atoms. The van der Waals surface area contributed by atoms with Gasteiger partial charge in [0.1, 0.15) is 0 Å². The molecule has 0 unspecified atom stereocenters. The first-order chi connectivity index (χ1) is 6.83. The fraction of sp³-hybridized carbons (Fsp3) is 0.333. The van der Waals surface area contributed by atoms with Crippen LogP contribution < -0.4 is 0 Å². The Bertz CT molecular complexity index is 267. The Kier molecular flexibility index (Phi) is 4.76. The van der Waals surface area contributed by atoms with Gasteiger partial charge in [-0.3, -0.25) is 4.79 Å². The lowest BCUT2D eigenvalue weighted by atomic mass is 10.1. The van der Waals surface area contributed by atoms with Gasteiger partial charge >= 0.3 is 5.97 Å². The van der Waals surface area contributed by atoms with Gasteiger partial charge in [-0.2, -0.15) is 0 Å². The normalized spacial score (nSPS) is 9.79. The average molecular weight is 191 g/mol. The van der Waals surface area contributed by atoms with Gasteiger partial charge in [-0.15, -0.1) is 0 Å². The first-order valence-electron chi connectivity index (χ1n) is 4.81. The van der Waals surface area contributed by atoms with Crippen LogP contribution in [-0.2, 0) is 16.0 Å². The molecule has 0 amide bonds. The maximum absolute atomic E-state index is 11.0. The highest BCUT2D eigenvalue weighted by Gasteiger charge is 2.00. The third-order valence-electron chi connectivity index (χ3n) is 1.95. The SMILES string of the molecule is [CH2]COC(=O)CCCc1ccccc1. The van der Waals surface area contributed by atoms with Gasteiger partial charge in [0, 0.05) is 6.42 Å². The Morgan fingerprint density at radius 2 is 2.00 bits per heavy atom. The highest BCUT2D eigenvalue weighted by molar-refractivity contribution is 5.69. The Morgan fingerprint density at radius 3 is 2.64 bits per heavy atom. The second kappa shape index (κ2) is 6.19. The van der Waals surface area contributed by atoms with E-state index in [1.54, 1.807) is 0 Å². The molecule has 0 spiro atoms. The van der Waals surface area contributed by atoms with Crippen molar-refractivity contribution >= 4 is 5.97 Å². The Morgan fingerprint density at radius 1 is 1.29 bits per heavy atom. The van der Waals surface area contributed by atoms with E-state index in [-0.39, 0.29) is 12.6 Å². The highest BCUT2D eigenvalue weighted by Crippen LogP contribution is 2.04. The highest BCUT2D eigenvalue weighted by atomic mass is 16.5. The second-order valence-corrected chi connectivity index (χ2v) is 3.06. The van der Waals surface area contributed by atoms with E-state index in [4.69, 9.17) is 4.74 Å². The Hall–Kier alpha value is -1.31. The molecule has 0 aromatic heterocycles. The van der Waals surface area contributed by atoms with E-state index in [2.05, 4.69) is 19.1 Å². The molecule has 1 aromatic carbocycles. The topological polar surface area (TPSA) is 26.3 Å². The minimum Gasteiger partial charge on any atom is -0.466 e. The van der Waals surface area contributed by atoms with Gasteiger partial charge in [0.15, 0.2) is 0 Å². The van der Waals surface area contributed by atoms with Crippen molar-refractivity contribution in [2.24, 2.45) is 0 Å². The van der Waals surface area contributed by atoms with Crippen LogP contribution in [0, 0.1) is 6.92 Å².